The van der Waals surface area contributed by atoms with Crippen LogP contribution in [-0.4, -0.2) is 5.78 Å². The van der Waals surface area contributed by atoms with Crippen LogP contribution in [0.15, 0.2) is 18.2 Å². The first-order valence-corrected chi connectivity index (χ1v) is 5.16. The summed E-state index contributed by atoms with van der Waals surface area (Å²) in [5.74, 6) is 0.590. The van der Waals surface area contributed by atoms with Crippen LogP contribution >= 0.6 is 11.6 Å². The Labute approximate surface area is 90.1 Å². The molecule has 0 fully saturated rings. The predicted molar refractivity (Wildman–Crippen MR) is 59.9 cm³/mol. The highest BCUT2D eigenvalue weighted by atomic mass is 35.5. The van der Waals surface area contributed by atoms with Gasteiger partial charge in [-0.25, -0.2) is 0 Å². The van der Waals surface area contributed by atoms with Gasteiger partial charge in [-0.15, -0.1) is 0 Å². The van der Waals surface area contributed by atoms with Crippen molar-refractivity contribution in [2.75, 3.05) is 0 Å². The first kappa shape index (κ1) is 11.3. The Morgan fingerprint density at radius 2 is 2.07 bits per heavy atom. The molecule has 2 heteroatoms. The van der Waals surface area contributed by atoms with Gasteiger partial charge in [0.2, 0.25) is 0 Å². The summed E-state index contributed by atoms with van der Waals surface area (Å²) in [5.41, 5.74) is 2.13. The zero-order valence-electron chi connectivity index (χ0n) is 8.80. The maximum atomic E-state index is 10.9. The number of Topliss-reactive ketones (excluding diaryl/α,β-unsaturated/α-hetero) is 1. The van der Waals surface area contributed by atoms with Crippen LogP contribution in [0.3, 0.4) is 0 Å². The van der Waals surface area contributed by atoms with Crippen LogP contribution in [0.4, 0.5) is 0 Å². The summed E-state index contributed by atoms with van der Waals surface area (Å²) >= 11 is 6.10. The van der Waals surface area contributed by atoms with Crippen molar-refractivity contribution in [3.8, 4) is 0 Å². The third-order valence-electron chi connectivity index (χ3n) is 2.14. The highest BCUT2D eigenvalue weighted by Gasteiger charge is 2.06. The quantitative estimate of drug-likeness (QED) is 0.745. The van der Waals surface area contributed by atoms with Gasteiger partial charge >= 0.3 is 0 Å². The molecule has 0 saturated carbocycles. The highest BCUT2D eigenvalue weighted by molar-refractivity contribution is 6.31. The van der Waals surface area contributed by atoms with E-state index in [-0.39, 0.29) is 5.78 Å². The average Bonchev–Trinajstić information content (AvgIpc) is 2.01. The molecule has 0 radical (unpaired) electrons. The smallest absolute Gasteiger partial charge is 0.134 e. The Balaban J connectivity index is 2.94. The van der Waals surface area contributed by atoms with Crippen molar-refractivity contribution in [3.05, 3.63) is 34.3 Å². The van der Waals surface area contributed by atoms with Crippen molar-refractivity contribution in [1.29, 1.82) is 0 Å². The molecule has 1 rings (SSSR count). The molecule has 0 amide bonds. The molecule has 0 bridgehead atoms. The van der Waals surface area contributed by atoms with Crippen LogP contribution in [0.2, 0.25) is 5.02 Å². The lowest BCUT2D eigenvalue weighted by atomic mass is 10.00. The fraction of sp³-hybridized carbons (Fsp3) is 0.417. The van der Waals surface area contributed by atoms with E-state index in [2.05, 4.69) is 13.8 Å². The molecule has 1 aromatic carbocycles. The summed E-state index contributed by atoms with van der Waals surface area (Å²) in [6.07, 6.45) is 0.470. The van der Waals surface area contributed by atoms with E-state index in [1.54, 1.807) is 6.92 Å². The molecular formula is C12H15ClO. The Morgan fingerprint density at radius 1 is 1.43 bits per heavy atom. The van der Waals surface area contributed by atoms with E-state index >= 15 is 0 Å². The summed E-state index contributed by atoms with van der Waals surface area (Å²) in [6.45, 7) is 5.79. The summed E-state index contributed by atoms with van der Waals surface area (Å²) in [7, 11) is 0. The molecule has 1 nitrogen and oxygen atoms in total. The van der Waals surface area contributed by atoms with E-state index in [1.807, 2.05) is 18.2 Å². The number of rotatable bonds is 3. The number of benzene rings is 1. The molecule has 0 heterocycles. The van der Waals surface area contributed by atoms with Gasteiger partial charge in [-0.2, -0.15) is 0 Å². The average molecular weight is 211 g/mol. The second kappa shape index (κ2) is 4.61. The van der Waals surface area contributed by atoms with Gasteiger partial charge in [0.25, 0.3) is 0 Å². The lowest BCUT2D eigenvalue weighted by Crippen LogP contribution is -1.97. The molecular weight excluding hydrogens is 196 g/mol. The number of hydrogen-bond donors (Lipinski definition) is 0. The van der Waals surface area contributed by atoms with Crippen molar-refractivity contribution >= 4 is 17.4 Å². The molecule has 76 valence electrons. The van der Waals surface area contributed by atoms with E-state index < -0.39 is 0 Å². The first-order valence-electron chi connectivity index (χ1n) is 4.78. The Morgan fingerprint density at radius 3 is 2.50 bits per heavy atom. The highest BCUT2D eigenvalue weighted by Crippen LogP contribution is 2.25. The van der Waals surface area contributed by atoms with Crippen molar-refractivity contribution in [1.82, 2.24) is 0 Å². The maximum absolute atomic E-state index is 10.9. The molecule has 0 aromatic heterocycles. The van der Waals surface area contributed by atoms with Gasteiger partial charge in [0, 0.05) is 11.4 Å². The van der Waals surface area contributed by atoms with Gasteiger partial charge in [-0.1, -0.05) is 37.6 Å². The van der Waals surface area contributed by atoms with Crippen LogP contribution in [0, 0.1) is 0 Å². The monoisotopic (exact) mass is 210 g/mol. The number of carbonyl (C=O) groups is 1. The molecule has 0 saturated heterocycles. The van der Waals surface area contributed by atoms with Gasteiger partial charge in [0.1, 0.15) is 5.78 Å². The normalized spacial score (nSPS) is 10.6. The summed E-state index contributed by atoms with van der Waals surface area (Å²) in [4.78, 5) is 10.9. The van der Waals surface area contributed by atoms with Crippen LogP contribution in [0.5, 0.6) is 0 Å². The molecule has 0 spiro atoms. The summed E-state index contributed by atoms with van der Waals surface area (Å²) in [5, 5.41) is 0.763. The predicted octanol–water partition coefficient (Wildman–Crippen LogP) is 3.59. The minimum Gasteiger partial charge on any atom is -0.300 e. The van der Waals surface area contributed by atoms with Crippen molar-refractivity contribution < 1.29 is 4.79 Å². The lowest BCUT2D eigenvalue weighted by molar-refractivity contribution is -0.116. The lowest BCUT2D eigenvalue weighted by Gasteiger charge is -2.09. The molecule has 0 N–H and O–H groups in total. The van der Waals surface area contributed by atoms with Crippen molar-refractivity contribution in [2.45, 2.75) is 33.1 Å². The SMILES string of the molecule is CC(=O)Cc1ccc(C(C)C)c(Cl)c1. The Bertz CT molecular complexity index is 342. The largest absolute Gasteiger partial charge is 0.300 e. The molecule has 0 unspecified atom stereocenters. The topological polar surface area (TPSA) is 17.1 Å². The third-order valence-corrected chi connectivity index (χ3v) is 2.47. The summed E-state index contributed by atoms with van der Waals surface area (Å²) in [6, 6.07) is 5.87. The standard InChI is InChI=1S/C12H15ClO/c1-8(2)11-5-4-10(6-9(3)14)7-12(11)13/h4-5,7-8H,6H2,1-3H3. The van der Waals surface area contributed by atoms with Gasteiger partial charge in [-0.3, -0.25) is 4.79 Å². The molecule has 0 atom stereocenters. The molecule has 1 aromatic rings. The second-order valence-electron chi connectivity index (χ2n) is 3.89. The van der Waals surface area contributed by atoms with Gasteiger partial charge in [0.15, 0.2) is 0 Å². The van der Waals surface area contributed by atoms with E-state index in [1.165, 1.54) is 0 Å². The van der Waals surface area contributed by atoms with Crippen LogP contribution in [-0.2, 0) is 11.2 Å². The minimum absolute atomic E-state index is 0.165. The zero-order valence-corrected chi connectivity index (χ0v) is 9.56. The van der Waals surface area contributed by atoms with Crippen LogP contribution in [0.1, 0.15) is 37.8 Å². The maximum Gasteiger partial charge on any atom is 0.134 e. The van der Waals surface area contributed by atoms with Crippen molar-refractivity contribution in [3.63, 3.8) is 0 Å². The number of carbonyl (C=O) groups excluding carboxylic acids is 1. The minimum atomic E-state index is 0.165. The Hall–Kier alpha value is -0.820. The van der Waals surface area contributed by atoms with E-state index in [0.717, 1.165) is 16.1 Å². The third kappa shape index (κ3) is 2.85. The molecule has 0 aliphatic carbocycles. The molecule has 0 aliphatic heterocycles. The first-order chi connectivity index (χ1) is 6.50. The molecule has 0 aliphatic rings. The van der Waals surface area contributed by atoms with Gasteiger partial charge in [0.05, 0.1) is 0 Å². The van der Waals surface area contributed by atoms with E-state index in [0.29, 0.717) is 12.3 Å². The fourth-order valence-corrected chi connectivity index (χ4v) is 1.86. The Kier molecular flexibility index (Phi) is 3.70. The second-order valence-corrected chi connectivity index (χ2v) is 4.30. The van der Waals surface area contributed by atoms with Crippen LogP contribution in [0.25, 0.3) is 0 Å². The number of halogens is 1. The van der Waals surface area contributed by atoms with Crippen LogP contribution < -0.4 is 0 Å². The van der Waals surface area contributed by atoms with Gasteiger partial charge in [-0.05, 0) is 30.0 Å². The zero-order chi connectivity index (χ0) is 10.7. The fourth-order valence-electron chi connectivity index (χ4n) is 1.44. The van der Waals surface area contributed by atoms with E-state index in [4.69, 9.17) is 11.6 Å². The van der Waals surface area contributed by atoms with E-state index in [9.17, 15) is 4.79 Å². The number of hydrogen-bond acceptors (Lipinski definition) is 1. The summed E-state index contributed by atoms with van der Waals surface area (Å²) < 4.78 is 0. The van der Waals surface area contributed by atoms with Gasteiger partial charge < -0.3 is 0 Å². The molecule has 14 heavy (non-hydrogen) atoms. The number of ketones is 1. The van der Waals surface area contributed by atoms with Crippen molar-refractivity contribution in [2.24, 2.45) is 0 Å².